The van der Waals surface area contributed by atoms with Gasteiger partial charge in [0.25, 0.3) is 5.91 Å². The van der Waals surface area contributed by atoms with Gasteiger partial charge in [0.05, 0.1) is 38.1 Å². The number of hydrogen-bond donors (Lipinski definition) is 1. The van der Waals surface area contributed by atoms with Crippen LogP contribution in [0.3, 0.4) is 0 Å². The van der Waals surface area contributed by atoms with Gasteiger partial charge < -0.3 is 5.32 Å². The number of carbonyl (C=O) groups excluding carboxylic acids is 1. The summed E-state index contributed by atoms with van der Waals surface area (Å²) in [5.41, 5.74) is 3.25. The van der Waals surface area contributed by atoms with Crippen molar-refractivity contribution in [1.29, 1.82) is 5.26 Å². The highest BCUT2D eigenvalue weighted by Gasteiger charge is 2.24. The van der Waals surface area contributed by atoms with Gasteiger partial charge in [0.2, 0.25) is 0 Å². The Morgan fingerprint density at radius 3 is 2.33 bits per heavy atom. The first-order valence-electron chi connectivity index (χ1n) is 9.89. The summed E-state index contributed by atoms with van der Waals surface area (Å²) in [6.45, 7) is 0. The number of aryl methyl sites for hydroxylation is 1. The maximum atomic E-state index is 13.6. The van der Waals surface area contributed by atoms with E-state index in [9.17, 15) is 9.00 Å². The summed E-state index contributed by atoms with van der Waals surface area (Å²) in [5.74, 6) is -0.233. The van der Waals surface area contributed by atoms with E-state index in [0.29, 0.717) is 16.0 Å². The van der Waals surface area contributed by atoms with Gasteiger partial charge in [0.15, 0.2) is 0 Å². The molecule has 0 saturated carbocycles. The first-order chi connectivity index (χ1) is 14.6. The first-order valence-corrected chi connectivity index (χ1v) is 11.1. The van der Waals surface area contributed by atoms with Crippen molar-refractivity contribution in [2.75, 3.05) is 7.05 Å². The van der Waals surface area contributed by atoms with Gasteiger partial charge in [-0.2, -0.15) is 5.26 Å². The van der Waals surface area contributed by atoms with E-state index in [1.54, 1.807) is 25.2 Å². The molecule has 4 nitrogen and oxygen atoms in total. The summed E-state index contributed by atoms with van der Waals surface area (Å²) in [5, 5.41) is 11.4. The summed E-state index contributed by atoms with van der Waals surface area (Å²) in [6, 6.07) is 26.6. The Morgan fingerprint density at radius 1 is 1.00 bits per heavy atom. The van der Waals surface area contributed by atoms with Crippen LogP contribution in [0.1, 0.15) is 45.1 Å². The van der Waals surface area contributed by atoms with Crippen molar-refractivity contribution in [3.63, 3.8) is 0 Å². The van der Waals surface area contributed by atoms with Gasteiger partial charge in [0.1, 0.15) is 0 Å². The molecule has 0 aromatic heterocycles. The molecule has 0 aliphatic carbocycles. The molecule has 3 aromatic carbocycles. The first kappa shape index (κ1) is 21.5. The fourth-order valence-corrected chi connectivity index (χ4v) is 5.10. The molecular formula is C25H24N2O2S. The summed E-state index contributed by atoms with van der Waals surface area (Å²) < 4.78 is 13.6. The molecule has 1 unspecified atom stereocenters. The molecule has 0 aliphatic rings. The van der Waals surface area contributed by atoms with E-state index in [1.807, 2.05) is 60.7 Å². The highest BCUT2D eigenvalue weighted by Crippen LogP contribution is 2.31. The van der Waals surface area contributed by atoms with Gasteiger partial charge in [-0.3, -0.25) is 9.00 Å². The quantitative estimate of drug-likeness (QED) is 0.574. The van der Waals surface area contributed by atoms with Gasteiger partial charge in [-0.25, -0.2) is 0 Å². The molecule has 0 saturated heterocycles. The molecule has 0 heterocycles. The van der Waals surface area contributed by atoms with Crippen molar-refractivity contribution in [2.24, 2.45) is 0 Å². The fourth-order valence-electron chi connectivity index (χ4n) is 3.42. The Balaban J connectivity index is 1.82. The third-order valence-electron chi connectivity index (χ3n) is 5.02. The van der Waals surface area contributed by atoms with Gasteiger partial charge in [-0.05, 0) is 54.7 Å². The minimum absolute atomic E-state index is 0.213. The lowest BCUT2D eigenvalue weighted by Gasteiger charge is -2.19. The minimum atomic E-state index is -1.37. The van der Waals surface area contributed by atoms with E-state index in [0.717, 1.165) is 30.4 Å². The molecule has 2 atom stereocenters. The van der Waals surface area contributed by atoms with Crippen LogP contribution in [0, 0.1) is 11.3 Å². The van der Waals surface area contributed by atoms with Crippen LogP contribution in [0.2, 0.25) is 0 Å². The van der Waals surface area contributed by atoms with Crippen molar-refractivity contribution in [1.82, 2.24) is 5.32 Å². The molecule has 30 heavy (non-hydrogen) atoms. The smallest absolute Gasteiger partial charge is 0.252 e. The van der Waals surface area contributed by atoms with E-state index in [1.165, 1.54) is 0 Å². The van der Waals surface area contributed by atoms with Crippen LogP contribution < -0.4 is 5.32 Å². The van der Waals surface area contributed by atoms with E-state index < -0.39 is 10.8 Å². The van der Waals surface area contributed by atoms with E-state index in [-0.39, 0.29) is 11.2 Å². The second kappa shape index (κ2) is 10.5. The normalized spacial score (nSPS) is 12.5. The minimum Gasteiger partial charge on any atom is -0.355 e. The second-order valence-electron chi connectivity index (χ2n) is 6.97. The molecule has 0 fully saturated rings. The zero-order valence-corrected chi connectivity index (χ0v) is 17.7. The third kappa shape index (κ3) is 5.22. The molecule has 0 spiro atoms. The van der Waals surface area contributed by atoms with E-state index >= 15 is 0 Å². The van der Waals surface area contributed by atoms with Crippen LogP contribution >= 0.6 is 0 Å². The molecule has 0 bridgehead atoms. The Kier molecular flexibility index (Phi) is 7.53. The number of rotatable bonds is 8. The average Bonchev–Trinajstić information content (AvgIpc) is 2.82. The van der Waals surface area contributed by atoms with Crippen molar-refractivity contribution in [3.8, 4) is 6.07 Å². The summed E-state index contributed by atoms with van der Waals surface area (Å²) in [6.07, 6.45) is 2.40. The van der Waals surface area contributed by atoms with Gasteiger partial charge in [0, 0.05) is 7.05 Å². The average molecular weight is 417 g/mol. The lowest BCUT2D eigenvalue weighted by molar-refractivity contribution is 0.0960. The second-order valence-corrected chi connectivity index (χ2v) is 8.58. The lowest BCUT2D eigenvalue weighted by Crippen LogP contribution is -2.21. The highest BCUT2D eigenvalue weighted by atomic mass is 32.2. The van der Waals surface area contributed by atoms with Crippen LogP contribution in [0.5, 0.6) is 0 Å². The van der Waals surface area contributed by atoms with Crippen LogP contribution in [-0.2, 0) is 17.2 Å². The predicted octanol–water partition coefficient (Wildman–Crippen LogP) is 4.79. The Labute approximate surface area is 180 Å². The monoisotopic (exact) mass is 416 g/mol. The number of nitrogens with zero attached hydrogens (tertiary/aromatic N) is 1. The van der Waals surface area contributed by atoms with Crippen LogP contribution in [-0.4, -0.2) is 17.2 Å². The van der Waals surface area contributed by atoms with Crippen LogP contribution in [0.4, 0.5) is 0 Å². The topological polar surface area (TPSA) is 70.0 Å². The number of nitrogens with one attached hydrogen (secondary N) is 1. The predicted molar refractivity (Wildman–Crippen MR) is 120 cm³/mol. The molecule has 0 aliphatic heterocycles. The number of hydrogen-bond acceptors (Lipinski definition) is 3. The number of carbonyl (C=O) groups is 1. The number of benzene rings is 3. The standard InChI is InChI=1S/C25H24N2O2S/c1-27-25(28)22-11-5-6-12-24(22)30(29)23(21-9-3-2-4-10-21)13-7-8-19-14-16-20(18-26)17-15-19/h2-6,9-12,14-17,23H,7-8,13H2,1H3,(H,27,28)/t23-,30?/m1/s1. The SMILES string of the molecule is CNC(=O)c1ccccc1S(=O)[C@H](CCCc1ccc(C#N)cc1)c1ccccc1. The van der Waals surface area contributed by atoms with Crippen LogP contribution in [0.15, 0.2) is 83.8 Å². The Bertz CT molecular complexity index is 1060. The van der Waals surface area contributed by atoms with Gasteiger partial charge in [-0.15, -0.1) is 0 Å². The fraction of sp³-hybridized carbons (Fsp3) is 0.200. The maximum Gasteiger partial charge on any atom is 0.252 e. The molecule has 3 rings (SSSR count). The third-order valence-corrected chi connectivity index (χ3v) is 6.83. The van der Waals surface area contributed by atoms with E-state index in [4.69, 9.17) is 5.26 Å². The van der Waals surface area contributed by atoms with Crippen molar-refractivity contribution in [3.05, 3.63) is 101 Å². The largest absolute Gasteiger partial charge is 0.355 e. The summed E-state index contributed by atoms with van der Waals surface area (Å²) in [4.78, 5) is 12.8. The van der Waals surface area contributed by atoms with Crippen molar-refractivity contribution >= 4 is 16.7 Å². The molecule has 1 N–H and O–H groups in total. The molecule has 152 valence electrons. The molecule has 1 amide bonds. The maximum absolute atomic E-state index is 13.6. The number of amides is 1. The van der Waals surface area contributed by atoms with Crippen molar-refractivity contribution in [2.45, 2.75) is 29.4 Å². The zero-order valence-electron chi connectivity index (χ0n) is 16.9. The van der Waals surface area contributed by atoms with Crippen molar-refractivity contribution < 1.29 is 9.00 Å². The molecular weight excluding hydrogens is 392 g/mol. The van der Waals surface area contributed by atoms with Gasteiger partial charge >= 0.3 is 0 Å². The van der Waals surface area contributed by atoms with Crippen LogP contribution in [0.25, 0.3) is 0 Å². The zero-order chi connectivity index (χ0) is 21.3. The lowest BCUT2D eigenvalue weighted by atomic mass is 10.0. The highest BCUT2D eigenvalue weighted by molar-refractivity contribution is 7.85. The number of nitriles is 1. The summed E-state index contributed by atoms with van der Waals surface area (Å²) >= 11 is 0. The molecule has 3 aromatic rings. The summed E-state index contributed by atoms with van der Waals surface area (Å²) in [7, 11) is 0.205. The van der Waals surface area contributed by atoms with Gasteiger partial charge in [-0.1, -0.05) is 54.6 Å². The molecule has 0 radical (unpaired) electrons. The Morgan fingerprint density at radius 2 is 1.67 bits per heavy atom. The van der Waals surface area contributed by atoms with E-state index in [2.05, 4.69) is 11.4 Å². The Hall–Kier alpha value is -3.23. The molecule has 5 heteroatoms.